The van der Waals surface area contributed by atoms with Gasteiger partial charge in [-0.25, -0.2) is 4.79 Å². The summed E-state index contributed by atoms with van der Waals surface area (Å²) in [5.74, 6) is 0.782. The molecule has 1 saturated heterocycles. The Morgan fingerprint density at radius 2 is 1.93 bits per heavy atom. The Labute approximate surface area is 166 Å². The number of methoxy groups -OCH3 is 1. The van der Waals surface area contributed by atoms with E-state index in [-0.39, 0.29) is 11.9 Å². The molecule has 0 spiro atoms. The van der Waals surface area contributed by atoms with Crippen LogP contribution in [0.15, 0.2) is 18.2 Å². The number of rotatable bonds is 6. The zero-order valence-corrected chi connectivity index (χ0v) is 17.1. The summed E-state index contributed by atoms with van der Waals surface area (Å²) in [6.45, 7) is 8.53. The van der Waals surface area contributed by atoms with Crippen molar-refractivity contribution in [2.24, 2.45) is 0 Å². The van der Waals surface area contributed by atoms with Crippen LogP contribution in [0, 0.1) is 0 Å². The van der Waals surface area contributed by atoms with Crippen LogP contribution >= 0.6 is 11.6 Å². The van der Waals surface area contributed by atoms with Crippen LogP contribution in [0.2, 0.25) is 5.02 Å². The molecule has 150 valence electrons. The van der Waals surface area contributed by atoms with Gasteiger partial charge >= 0.3 is 6.03 Å². The number of nitrogens with zero attached hydrogens (tertiary/aromatic N) is 3. The predicted octanol–water partition coefficient (Wildman–Crippen LogP) is 2.76. The van der Waals surface area contributed by atoms with Gasteiger partial charge in [-0.1, -0.05) is 11.6 Å². The highest BCUT2D eigenvalue weighted by Gasteiger charge is 2.22. The third-order valence-electron chi connectivity index (χ3n) is 4.77. The molecule has 0 saturated carbocycles. The molecule has 2 rings (SSSR count). The SMILES string of the molecule is CCN(CC)C(=O)CN1CCCN(C(=O)Nc2ccc(OC)cc2Cl)CC1. The lowest BCUT2D eigenvalue weighted by Crippen LogP contribution is -2.42. The molecule has 27 heavy (non-hydrogen) atoms. The van der Waals surface area contributed by atoms with Crippen molar-refractivity contribution in [1.82, 2.24) is 14.7 Å². The Balaban J connectivity index is 1.89. The highest BCUT2D eigenvalue weighted by atomic mass is 35.5. The van der Waals surface area contributed by atoms with Gasteiger partial charge in [0.1, 0.15) is 5.75 Å². The van der Waals surface area contributed by atoms with Gasteiger partial charge < -0.3 is 19.9 Å². The molecule has 1 N–H and O–H groups in total. The third-order valence-corrected chi connectivity index (χ3v) is 5.08. The molecule has 0 atom stereocenters. The van der Waals surface area contributed by atoms with Gasteiger partial charge in [-0.15, -0.1) is 0 Å². The van der Waals surface area contributed by atoms with Crippen LogP contribution in [0.3, 0.4) is 0 Å². The highest BCUT2D eigenvalue weighted by Crippen LogP contribution is 2.26. The van der Waals surface area contributed by atoms with Crippen molar-refractivity contribution in [1.29, 1.82) is 0 Å². The summed E-state index contributed by atoms with van der Waals surface area (Å²) in [5, 5.41) is 3.29. The van der Waals surface area contributed by atoms with Gasteiger partial charge in [-0.05, 0) is 32.4 Å². The number of amides is 3. The predicted molar refractivity (Wildman–Crippen MR) is 108 cm³/mol. The molecule has 1 aliphatic rings. The molecule has 1 aromatic carbocycles. The van der Waals surface area contributed by atoms with Gasteiger partial charge in [0.05, 0.1) is 24.4 Å². The minimum absolute atomic E-state index is 0.142. The number of likely N-dealkylation sites (N-methyl/N-ethyl adjacent to an activating group) is 1. The van der Waals surface area contributed by atoms with Crippen LogP contribution in [0.5, 0.6) is 5.75 Å². The molecule has 0 aliphatic carbocycles. The summed E-state index contributed by atoms with van der Waals surface area (Å²) in [5.41, 5.74) is 0.556. The number of ether oxygens (including phenoxy) is 1. The van der Waals surface area contributed by atoms with Crippen molar-refractivity contribution in [3.05, 3.63) is 23.2 Å². The summed E-state index contributed by atoms with van der Waals surface area (Å²) in [4.78, 5) is 30.6. The molecule has 1 fully saturated rings. The maximum absolute atomic E-state index is 12.6. The zero-order chi connectivity index (χ0) is 19.8. The summed E-state index contributed by atoms with van der Waals surface area (Å²) >= 11 is 6.20. The van der Waals surface area contributed by atoms with Crippen molar-refractivity contribution in [3.63, 3.8) is 0 Å². The Bertz CT molecular complexity index is 652. The third kappa shape index (κ3) is 6.01. The average Bonchev–Trinajstić information content (AvgIpc) is 2.90. The molecule has 1 heterocycles. The maximum atomic E-state index is 12.6. The number of hydrogen-bond acceptors (Lipinski definition) is 4. The first-order valence-electron chi connectivity index (χ1n) is 9.38. The van der Waals surface area contributed by atoms with E-state index in [0.717, 1.165) is 26.1 Å². The van der Waals surface area contributed by atoms with E-state index in [0.29, 0.717) is 42.6 Å². The van der Waals surface area contributed by atoms with Crippen molar-refractivity contribution in [3.8, 4) is 5.75 Å². The van der Waals surface area contributed by atoms with E-state index < -0.39 is 0 Å². The van der Waals surface area contributed by atoms with Crippen LogP contribution in [0.4, 0.5) is 10.5 Å². The number of urea groups is 1. The van der Waals surface area contributed by atoms with Crippen LogP contribution in [-0.2, 0) is 4.79 Å². The van der Waals surface area contributed by atoms with E-state index in [1.807, 2.05) is 18.7 Å². The van der Waals surface area contributed by atoms with E-state index in [4.69, 9.17) is 16.3 Å². The Morgan fingerprint density at radius 1 is 1.19 bits per heavy atom. The first-order chi connectivity index (χ1) is 13.0. The van der Waals surface area contributed by atoms with Crippen LogP contribution in [0.1, 0.15) is 20.3 Å². The van der Waals surface area contributed by atoms with Gasteiger partial charge in [0.15, 0.2) is 0 Å². The summed E-state index contributed by atoms with van der Waals surface area (Å²) in [7, 11) is 1.57. The van der Waals surface area contributed by atoms with E-state index in [9.17, 15) is 9.59 Å². The second-order valence-corrected chi connectivity index (χ2v) is 6.87. The fourth-order valence-corrected chi connectivity index (χ4v) is 3.34. The van der Waals surface area contributed by atoms with Crippen LogP contribution < -0.4 is 10.1 Å². The molecular formula is C19H29ClN4O3. The minimum Gasteiger partial charge on any atom is -0.497 e. The lowest BCUT2D eigenvalue weighted by atomic mass is 10.3. The Morgan fingerprint density at radius 3 is 2.56 bits per heavy atom. The number of halogens is 1. The van der Waals surface area contributed by atoms with Crippen molar-refractivity contribution >= 4 is 29.2 Å². The maximum Gasteiger partial charge on any atom is 0.321 e. The van der Waals surface area contributed by atoms with Crippen molar-refractivity contribution in [2.45, 2.75) is 20.3 Å². The normalized spacial score (nSPS) is 15.2. The van der Waals surface area contributed by atoms with E-state index >= 15 is 0 Å². The molecule has 7 nitrogen and oxygen atoms in total. The molecule has 0 aromatic heterocycles. The standard InChI is InChI=1S/C19H29ClN4O3/c1-4-23(5-2)18(25)14-22-9-6-10-24(12-11-22)19(26)21-17-8-7-15(27-3)13-16(17)20/h7-8,13H,4-6,9-12,14H2,1-3H3,(H,21,26). The number of nitrogens with one attached hydrogen (secondary N) is 1. The number of carbonyl (C=O) groups excluding carboxylic acids is 2. The van der Waals surface area contributed by atoms with E-state index in [1.54, 1.807) is 30.2 Å². The molecular weight excluding hydrogens is 368 g/mol. The van der Waals surface area contributed by atoms with Crippen molar-refractivity contribution in [2.75, 3.05) is 58.2 Å². The molecule has 0 unspecified atom stereocenters. The largest absolute Gasteiger partial charge is 0.497 e. The summed E-state index contributed by atoms with van der Waals surface area (Å²) in [6.07, 6.45) is 0.829. The molecule has 1 aliphatic heterocycles. The number of anilines is 1. The quantitative estimate of drug-likeness (QED) is 0.803. The van der Waals surface area contributed by atoms with Gasteiger partial charge in [-0.2, -0.15) is 0 Å². The van der Waals surface area contributed by atoms with Crippen LogP contribution in [-0.4, -0.2) is 79.6 Å². The van der Waals surface area contributed by atoms with Crippen LogP contribution in [0.25, 0.3) is 0 Å². The van der Waals surface area contributed by atoms with Gasteiger partial charge in [0, 0.05) is 45.3 Å². The van der Waals surface area contributed by atoms with Gasteiger partial charge in [0.2, 0.25) is 5.91 Å². The molecule has 3 amide bonds. The van der Waals surface area contributed by atoms with Gasteiger partial charge in [-0.3, -0.25) is 9.69 Å². The molecule has 0 bridgehead atoms. The average molecular weight is 397 g/mol. The summed E-state index contributed by atoms with van der Waals surface area (Å²) < 4.78 is 5.12. The second kappa shape index (κ2) is 10.4. The smallest absolute Gasteiger partial charge is 0.321 e. The fourth-order valence-electron chi connectivity index (χ4n) is 3.12. The molecule has 8 heteroatoms. The topological polar surface area (TPSA) is 65.1 Å². The minimum atomic E-state index is -0.181. The highest BCUT2D eigenvalue weighted by molar-refractivity contribution is 6.33. The Hall–Kier alpha value is -1.99. The number of benzene rings is 1. The number of hydrogen-bond donors (Lipinski definition) is 1. The monoisotopic (exact) mass is 396 g/mol. The second-order valence-electron chi connectivity index (χ2n) is 6.46. The summed E-state index contributed by atoms with van der Waals surface area (Å²) in [6, 6.07) is 4.97. The number of carbonyl (C=O) groups is 2. The Kier molecular flexibility index (Phi) is 8.19. The first kappa shape index (κ1) is 21.3. The van der Waals surface area contributed by atoms with Gasteiger partial charge in [0.25, 0.3) is 0 Å². The lowest BCUT2D eigenvalue weighted by molar-refractivity contribution is -0.132. The first-order valence-corrected chi connectivity index (χ1v) is 9.75. The lowest BCUT2D eigenvalue weighted by Gasteiger charge is -2.25. The van der Waals surface area contributed by atoms with E-state index in [1.165, 1.54) is 0 Å². The zero-order valence-electron chi connectivity index (χ0n) is 16.3. The molecule has 1 aromatic rings. The fraction of sp³-hybridized carbons (Fsp3) is 0.579. The van der Waals surface area contributed by atoms with E-state index in [2.05, 4.69) is 10.2 Å². The molecule has 0 radical (unpaired) electrons. The van der Waals surface area contributed by atoms with Crippen molar-refractivity contribution < 1.29 is 14.3 Å².